The van der Waals surface area contributed by atoms with Crippen molar-refractivity contribution in [1.82, 2.24) is 5.01 Å². The van der Waals surface area contributed by atoms with Crippen molar-refractivity contribution < 1.29 is 13.9 Å². The highest BCUT2D eigenvalue weighted by Gasteiger charge is 2.34. The number of carbonyl (C=O) groups excluding carboxylic acids is 1. The molecule has 0 unspecified atom stereocenters. The minimum atomic E-state index is -0.331. The predicted molar refractivity (Wildman–Crippen MR) is 93.8 cm³/mol. The summed E-state index contributed by atoms with van der Waals surface area (Å²) in [6.07, 6.45) is 1.47. The average Bonchev–Trinajstić information content (AvgIpc) is 2.88. The number of anilines is 1. The Hall–Kier alpha value is -2.80. The summed E-state index contributed by atoms with van der Waals surface area (Å²) >= 11 is 5.37. The topological polar surface area (TPSA) is 45.1 Å². The fraction of sp³-hybridized carbons (Fsp3) is 0.118. The van der Waals surface area contributed by atoms with Crippen LogP contribution in [-0.2, 0) is 4.79 Å². The minimum absolute atomic E-state index is 0.0833. The fourth-order valence-electron chi connectivity index (χ4n) is 2.32. The summed E-state index contributed by atoms with van der Waals surface area (Å²) in [5, 5.41) is 5.55. The quantitative estimate of drug-likeness (QED) is 0.633. The number of hydrogen-bond donors (Lipinski definition) is 0. The molecule has 1 aliphatic rings. The van der Waals surface area contributed by atoms with Gasteiger partial charge >= 0.3 is 0 Å². The second-order valence-electron chi connectivity index (χ2n) is 5.04. The van der Waals surface area contributed by atoms with Crippen molar-refractivity contribution in [2.75, 3.05) is 18.6 Å². The van der Waals surface area contributed by atoms with Crippen molar-refractivity contribution in [2.45, 2.75) is 0 Å². The van der Waals surface area contributed by atoms with Crippen molar-refractivity contribution >= 4 is 35.1 Å². The van der Waals surface area contributed by atoms with Crippen molar-refractivity contribution in [3.63, 3.8) is 0 Å². The Balaban J connectivity index is 1.83. The fourth-order valence-corrected chi connectivity index (χ4v) is 2.63. The zero-order valence-corrected chi connectivity index (χ0v) is 13.7. The highest BCUT2D eigenvalue weighted by molar-refractivity contribution is 7.80. The van der Waals surface area contributed by atoms with Gasteiger partial charge in [0, 0.05) is 0 Å². The first-order valence-electron chi connectivity index (χ1n) is 7.17. The summed E-state index contributed by atoms with van der Waals surface area (Å²) in [5.41, 5.74) is 1.38. The zero-order chi connectivity index (χ0) is 17.1. The lowest BCUT2D eigenvalue weighted by molar-refractivity contribution is -0.124. The van der Waals surface area contributed by atoms with Crippen LogP contribution in [0.3, 0.4) is 0 Å². The van der Waals surface area contributed by atoms with Crippen LogP contribution < -0.4 is 9.64 Å². The van der Waals surface area contributed by atoms with Crippen LogP contribution >= 0.6 is 12.2 Å². The summed E-state index contributed by atoms with van der Waals surface area (Å²) < 4.78 is 18.2. The average molecular weight is 343 g/mol. The predicted octanol–water partition coefficient (Wildman–Crippen LogP) is 2.80. The van der Waals surface area contributed by atoms with E-state index in [4.69, 9.17) is 17.0 Å². The van der Waals surface area contributed by atoms with Crippen molar-refractivity contribution in [3.05, 3.63) is 59.9 Å². The number of ether oxygens (including phenoxy) is 1. The van der Waals surface area contributed by atoms with Crippen LogP contribution in [-0.4, -0.2) is 35.9 Å². The molecule has 1 fully saturated rings. The SMILES string of the molecule is COc1ccccc1N1CC(=O)N(/N=C\c2ccc(F)cc2)C1=S. The number of thiocarbonyl (C=S) groups is 1. The Labute approximate surface area is 143 Å². The first-order valence-corrected chi connectivity index (χ1v) is 7.58. The molecule has 0 radical (unpaired) electrons. The van der Waals surface area contributed by atoms with Crippen molar-refractivity contribution in [1.29, 1.82) is 0 Å². The van der Waals surface area contributed by atoms with Gasteiger partial charge in [-0.25, -0.2) is 4.39 Å². The number of methoxy groups -OCH3 is 1. The Morgan fingerprint density at radius 1 is 1.21 bits per heavy atom. The number of halogens is 1. The number of carbonyl (C=O) groups is 1. The summed E-state index contributed by atoms with van der Waals surface area (Å²) in [6, 6.07) is 13.1. The lowest BCUT2D eigenvalue weighted by Crippen LogP contribution is -2.29. The molecule has 3 rings (SSSR count). The van der Waals surface area contributed by atoms with Crippen molar-refractivity contribution in [2.24, 2.45) is 5.10 Å². The first kappa shape index (κ1) is 16.1. The largest absolute Gasteiger partial charge is 0.495 e. The lowest BCUT2D eigenvalue weighted by atomic mass is 10.2. The molecule has 5 nitrogen and oxygen atoms in total. The number of nitrogens with zero attached hydrogens (tertiary/aromatic N) is 3. The maximum Gasteiger partial charge on any atom is 0.269 e. The van der Waals surface area contributed by atoms with E-state index in [0.717, 1.165) is 5.01 Å². The third-order valence-electron chi connectivity index (χ3n) is 3.51. The van der Waals surface area contributed by atoms with Gasteiger partial charge < -0.3 is 9.64 Å². The van der Waals surface area contributed by atoms with Gasteiger partial charge in [-0.15, -0.1) is 0 Å². The third-order valence-corrected chi connectivity index (χ3v) is 3.90. The van der Waals surface area contributed by atoms with Crippen LogP contribution in [0.4, 0.5) is 10.1 Å². The lowest BCUT2D eigenvalue weighted by Gasteiger charge is -2.19. The highest BCUT2D eigenvalue weighted by atomic mass is 32.1. The summed E-state index contributed by atoms with van der Waals surface area (Å²) in [4.78, 5) is 13.9. The van der Waals surface area contributed by atoms with Gasteiger partial charge in [0.15, 0.2) is 0 Å². The number of amides is 1. The second-order valence-corrected chi connectivity index (χ2v) is 5.41. The number of para-hydroxylation sites is 2. The van der Waals surface area contributed by atoms with Crippen LogP contribution in [0.25, 0.3) is 0 Å². The molecule has 0 spiro atoms. The molecule has 7 heteroatoms. The minimum Gasteiger partial charge on any atom is -0.495 e. The molecule has 1 aliphatic heterocycles. The Morgan fingerprint density at radius 2 is 1.92 bits per heavy atom. The molecule has 0 atom stereocenters. The molecule has 24 heavy (non-hydrogen) atoms. The standard InChI is InChI=1S/C17H14FN3O2S/c1-23-15-5-3-2-4-14(15)20-11-16(22)21(17(20)24)19-10-12-6-8-13(18)9-7-12/h2-10H,11H2,1H3/b19-10-. The number of hydrogen-bond acceptors (Lipinski definition) is 4. The Morgan fingerprint density at radius 3 is 2.62 bits per heavy atom. The number of hydrazone groups is 1. The van der Waals surface area contributed by atoms with Crippen molar-refractivity contribution in [3.8, 4) is 5.75 Å². The monoisotopic (exact) mass is 343 g/mol. The van der Waals surface area contributed by atoms with Gasteiger partial charge in [0.05, 0.1) is 19.0 Å². The molecule has 0 aromatic heterocycles. The van der Waals surface area contributed by atoms with E-state index in [9.17, 15) is 9.18 Å². The van der Waals surface area contributed by atoms with E-state index in [1.807, 2.05) is 18.2 Å². The molecule has 0 N–H and O–H groups in total. The van der Waals surface area contributed by atoms with Crippen LogP contribution in [0.15, 0.2) is 53.6 Å². The van der Waals surface area contributed by atoms with Gasteiger partial charge in [-0.3, -0.25) is 4.79 Å². The molecule has 122 valence electrons. The maximum absolute atomic E-state index is 12.9. The van der Waals surface area contributed by atoms with Crippen LogP contribution in [0.5, 0.6) is 5.75 Å². The molecular formula is C17H14FN3O2S. The normalized spacial score (nSPS) is 14.8. The maximum atomic E-state index is 12.9. The molecule has 2 aromatic rings. The summed E-state index contributed by atoms with van der Waals surface area (Å²) in [6.45, 7) is 0.0833. The Bertz CT molecular complexity index is 808. The van der Waals surface area contributed by atoms with Crippen LogP contribution in [0.1, 0.15) is 5.56 Å². The van der Waals surface area contributed by atoms with Gasteiger partial charge in [-0.2, -0.15) is 10.1 Å². The van der Waals surface area contributed by atoms with Gasteiger partial charge in [-0.05, 0) is 42.0 Å². The third kappa shape index (κ3) is 3.11. The molecular weight excluding hydrogens is 329 g/mol. The van der Waals surface area contributed by atoms with E-state index in [1.54, 1.807) is 30.2 Å². The van der Waals surface area contributed by atoms with E-state index < -0.39 is 0 Å². The molecule has 1 heterocycles. The summed E-state index contributed by atoms with van der Waals surface area (Å²) in [7, 11) is 1.56. The van der Waals surface area contributed by atoms with Gasteiger partial charge in [0.1, 0.15) is 18.1 Å². The van der Waals surface area contributed by atoms with Gasteiger partial charge in [0.2, 0.25) is 5.11 Å². The molecule has 0 bridgehead atoms. The highest BCUT2D eigenvalue weighted by Crippen LogP contribution is 2.30. The molecule has 1 amide bonds. The van der Waals surface area contributed by atoms with Gasteiger partial charge in [0.25, 0.3) is 5.91 Å². The number of rotatable bonds is 4. The molecule has 0 saturated carbocycles. The van der Waals surface area contributed by atoms with E-state index in [0.29, 0.717) is 17.0 Å². The molecule has 2 aromatic carbocycles. The van der Waals surface area contributed by atoms with Gasteiger partial charge in [-0.1, -0.05) is 24.3 Å². The van der Waals surface area contributed by atoms with E-state index in [-0.39, 0.29) is 23.4 Å². The number of benzene rings is 2. The van der Waals surface area contributed by atoms with E-state index in [2.05, 4.69) is 5.10 Å². The molecule has 1 saturated heterocycles. The van der Waals surface area contributed by atoms with Crippen LogP contribution in [0, 0.1) is 5.82 Å². The Kier molecular flexibility index (Phi) is 4.52. The zero-order valence-electron chi connectivity index (χ0n) is 12.8. The van der Waals surface area contributed by atoms with Crippen LogP contribution in [0.2, 0.25) is 0 Å². The first-order chi connectivity index (χ1) is 11.6. The van der Waals surface area contributed by atoms with E-state index >= 15 is 0 Å². The van der Waals surface area contributed by atoms with E-state index in [1.165, 1.54) is 18.3 Å². The smallest absolute Gasteiger partial charge is 0.269 e. The summed E-state index contributed by atoms with van der Waals surface area (Å²) in [5.74, 6) is 0.0450. The second kappa shape index (κ2) is 6.76. The molecule has 0 aliphatic carbocycles.